The fraction of sp³-hybridized carbons (Fsp3) is 0.300. The van der Waals surface area contributed by atoms with Gasteiger partial charge in [-0.3, -0.25) is 4.79 Å². The van der Waals surface area contributed by atoms with Crippen molar-refractivity contribution in [3.8, 4) is 0 Å². The molecule has 0 aliphatic carbocycles. The van der Waals surface area contributed by atoms with Crippen LogP contribution in [0.25, 0.3) is 0 Å². The van der Waals surface area contributed by atoms with Gasteiger partial charge in [-0.1, -0.05) is 11.6 Å². The van der Waals surface area contributed by atoms with Crippen molar-refractivity contribution in [2.75, 3.05) is 24.1 Å². The molecule has 0 aromatic heterocycles. The van der Waals surface area contributed by atoms with E-state index < -0.39 is 5.82 Å². The fourth-order valence-corrected chi connectivity index (χ4v) is 1.32. The summed E-state index contributed by atoms with van der Waals surface area (Å²) in [5, 5.41) is 5.29. The maximum absolute atomic E-state index is 13.1. The number of rotatable bonds is 4. The number of carbonyl (C=O) groups is 1. The molecule has 0 fully saturated rings. The average Bonchev–Trinajstić information content (AvgIpc) is 2.22. The molecular weight excluding hydrogens is 233 g/mol. The Kier molecular flexibility index (Phi) is 4.37. The smallest absolute Gasteiger partial charge is 0.239 e. The summed E-state index contributed by atoms with van der Waals surface area (Å²) in [5.74, 6) is -0.758. The third-order valence-corrected chi connectivity index (χ3v) is 2.20. The number of likely N-dealkylation sites (N-methyl/N-ethyl adjacent to an activating group) is 1. The van der Waals surface area contributed by atoms with Gasteiger partial charge < -0.3 is 16.4 Å². The Bertz CT molecular complexity index is 398. The molecule has 0 saturated carbocycles. The van der Waals surface area contributed by atoms with E-state index in [0.717, 1.165) is 6.07 Å². The van der Waals surface area contributed by atoms with Crippen molar-refractivity contribution in [3.63, 3.8) is 0 Å². The summed E-state index contributed by atoms with van der Waals surface area (Å²) < 4.78 is 13.1. The molecule has 0 radical (unpaired) electrons. The highest BCUT2D eigenvalue weighted by Crippen LogP contribution is 2.25. The number of hydrogen-bond acceptors (Lipinski definition) is 3. The number of halogens is 2. The minimum Gasteiger partial charge on any atom is -0.397 e. The Labute approximate surface area is 98.0 Å². The highest BCUT2D eigenvalue weighted by atomic mass is 35.5. The summed E-state index contributed by atoms with van der Waals surface area (Å²) >= 11 is 5.54. The standard InChI is InChI=1S/C10H13ClFN3O/c1-2-14-10(16)5-15-9-4-7(12)6(11)3-8(9)13/h3-4,15H,2,5,13H2,1H3,(H,14,16). The van der Waals surface area contributed by atoms with Gasteiger partial charge in [-0.05, 0) is 13.0 Å². The highest BCUT2D eigenvalue weighted by Gasteiger charge is 2.07. The largest absolute Gasteiger partial charge is 0.397 e. The van der Waals surface area contributed by atoms with Crippen LogP contribution in [0.5, 0.6) is 0 Å². The normalized spacial score (nSPS) is 9.94. The van der Waals surface area contributed by atoms with Gasteiger partial charge in [0.2, 0.25) is 5.91 Å². The van der Waals surface area contributed by atoms with E-state index in [-0.39, 0.29) is 17.5 Å². The van der Waals surface area contributed by atoms with Crippen LogP contribution < -0.4 is 16.4 Å². The maximum atomic E-state index is 13.1. The van der Waals surface area contributed by atoms with E-state index in [4.69, 9.17) is 17.3 Å². The predicted molar refractivity (Wildman–Crippen MR) is 63.0 cm³/mol. The van der Waals surface area contributed by atoms with Crippen molar-refractivity contribution < 1.29 is 9.18 Å². The summed E-state index contributed by atoms with van der Waals surface area (Å²) in [6.07, 6.45) is 0. The second kappa shape index (κ2) is 5.55. The summed E-state index contributed by atoms with van der Waals surface area (Å²) in [7, 11) is 0. The average molecular weight is 246 g/mol. The molecule has 0 aliphatic rings. The Balaban J connectivity index is 2.67. The van der Waals surface area contributed by atoms with Gasteiger partial charge in [0.15, 0.2) is 0 Å². The first kappa shape index (κ1) is 12.6. The van der Waals surface area contributed by atoms with Gasteiger partial charge in [0.05, 0.1) is 22.9 Å². The van der Waals surface area contributed by atoms with E-state index >= 15 is 0 Å². The van der Waals surface area contributed by atoms with E-state index in [9.17, 15) is 9.18 Å². The zero-order valence-corrected chi connectivity index (χ0v) is 9.57. The summed E-state index contributed by atoms with van der Waals surface area (Å²) in [4.78, 5) is 11.1. The third kappa shape index (κ3) is 3.27. The Hall–Kier alpha value is -1.49. The molecule has 0 bridgehead atoms. The quantitative estimate of drug-likeness (QED) is 0.706. The first-order chi connectivity index (χ1) is 7.54. The maximum Gasteiger partial charge on any atom is 0.239 e. The van der Waals surface area contributed by atoms with Crippen molar-refractivity contribution >= 4 is 28.9 Å². The highest BCUT2D eigenvalue weighted by molar-refractivity contribution is 6.31. The number of benzene rings is 1. The number of amides is 1. The lowest BCUT2D eigenvalue weighted by atomic mass is 10.2. The van der Waals surface area contributed by atoms with Gasteiger partial charge in [-0.25, -0.2) is 4.39 Å². The molecule has 1 aromatic rings. The number of hydrogen-bond donors (Lipinski definition) is 3. The van der Waals surface area contributed by atoms with Crippen molar-refractivity contribution in [3.05, 3.63) is 23.0 Å². The zero-order valence-electron chi connectivity index (χ0n) is 8.81. The van der Waals surface area contributed by atoms with Crippen LogP contribution in [0.15, 0.2) is 12.1 Å². The van der Waals surface area contributed by atoms with Crippen LogP contribution in [-0.4, -0.2) is 19.0 Å². The molecule has 0 saturated heterocycles. The number of nitrogens with one attached hydrogen (secondary N) is 2. The van der Waals surface area contributed by atoms with Gasteiger partial charge in [0.1, 0.15) is 5.82 Å². The van der Waals surface area contributed by atoms with Crippen LogP contribution in [0.2, 0.25) is 5.02 Å². The second-order valence-electron chi connectivity index (χ2n) is 3.16. The molecule has 1 amide bonds. The lowest BCUT2D eigenvalue weighted by molar-refractivity contribution is -0.119. The topological polar surface area (TPSA) is 67.2 Å². The first-order valence-corrected chi connectivity index (χ1v) is 5.17. The minimum absolute atomic E-state index is 0.0407. The molecule has 16 heavy (non-hydrogen) atoms. The number of carbonyl (C=O) groups excluding carboxylic acids is 1. The SMILES string of the molecule is CCNC(=O)CNc1cc(F)c(Cl)cc1N. The van der Waals surface area contributed by atoms with Gasteiger partial charge in [0.25, 0.3) is 0 Å². The van der Waals surface area contributed by atoms with E-state index in [0.29, 0.717) is 17.9 Å². The lowest BCUT2D eigenvalue weighted by Crippen LogP contribution is -2.29. The van der Waals surface area contributed by atoms with Crippen molar-refractivity contribution in [1.29, 1.82) is 0 Å². The molecule has 0 unspecified atom stereocenters. The van der Waals surface area contributed by atoms with Gasteiger partial charge in [-0.15, -0.1) is 0 Å². The number of nitrogen functional groups attached to an aromatic ring is 1. The fourth-order valence-electron chi connectivity index (χ4n) is 1.15. The Morgan fingerprint density at radius 1 is 1.56 bits per heavy atom. The van der Waals surface area contributed by atoms with Crippen LogP contribution in [0.4, 0.5) is 15.8 Å². The van der Waals surface area contributed by atoms with Crippen molar-refractivity contribution in [1.82, 2.24) is 5.32 Å². The van der Waals surface area contributed by atoms with Crippen LogP contribution in [0.3, 0.4) is 0 Å². The van der Waals surface area contributed by atoms with Gasteiger partial charge in [0, 0.05) is 12.6 Å². The van der Waals surface area contributed by atoms with E-state index in [1.807, 2.05) is 6.92 Å². The molecule has 0 atom stereocenters. The molecule has 1 rings (SSSR count). The van der Waals surface area contributed by atoms with Crippen molar-refractivity contribution in [2.24, 2.45) is 0 Å². The summed E-state index contributed by atoms with van der Waals surface area (Å²) in [6, 6.07) is 2.47. The predicted octanol–water partition coefficient (Wildman–Crippen LogP) is 1.61. The second-order valence-corrected chi connectivity index (χ2v) is 3.57. The van der Waals surface area contributed by atoms with Gasteiger partial charge >= 0.3 is 0 Å². The monoisotopic (exact) mass is 245 g/mol. The van der Waals surface area contributed by atoms with Crippen molar-refractivity contribution in [2.45, 2.75) is 6.92 Å². The molecule has 0 spiro atoms. The first-order valence-electron chi connectivity index (χ1n) is 4.79. The van der Waals surface area contributed by atoms with Gasteiger partial charge in [-0.2, -0.15) is 0 Å². The lowest BCUT2D eigenvalue weighted by Gasteiger charge is -2.09. The molecule has 0 heterocycles. The summed E-state index contributed by atoms with van der Waals surface area (Å²) in [6.45, 7) is 2.40. The van der Waals surface area contributed by atoms with Crippen LogP contribution in [-0.2, 0) is 4.79 Å². The molecule has 6 heteroatoms. The van der Waals surface area contributed by atoms with Crippen LogP contribution >= 0.6 is 11.6 Å². The Morgan fingerprint density at radius 3 is 2.88 bits per heavy atom. The number of nitrogens with two attached hydrogens (primary N) is 1. The minimum atomic E-state index is -0.575. The molecule has 0 aliphatic heterocycles. The molecule has 4 N–H and O–H groups in total. The van der Waals surface area contributed by atoms with Crippen LogP contribution in [0, 0.1) is 5.82 Å². The molecule has 4 nitrogen and oxygen atoms in total. The number of anilines is 2. The third-order valence-electron chi connectivity index (χ3n) is 1.91. The molecule has 1 aromatic carbocycles. The van der Waals surface area contributed by atoms with E-state index in [1.54, 1.807) is 0 Å². The van der Waals surface area contributed by atoms with E-state index in [1.165, 1.54) is 6.07 Å². The molecule has 88 valence electrons. The van der Waals surface area contributed by atoms with E-state index in [2.05, 4.69) is 10.6 Å². The molecular formula is C10H13ClFN3O. The zero-order chi connectivity index (χ0) is 12.1. The Morgan fingerprint density at radius 2 is 2.25 bits per heavy atom. The van der Waals surface area contributed by atoms with Crippen LogP contribution in [0.1, 0.15) is 6.92 Å². The summed E-state index contributed by atoms with van der Waals surface area (Å²) in [5.41, 5.74) is 6.26.